The molecule has 3 heteroatoms. The van der Waals surface area contributed by atoms with Gasteiger partial charge in [0, 0.05) is 18.9 Å². The van der Waals surface area contributed by atoms with Crippen LogP contribution >= 0.6 is 0 Å². The Balaban J connectivity index is 2.12. The molecule has 0 radical (unpaired) electrons. The summed E-state index contributed by atoms with van der Waals surface area (Å²) in [6.45, 7) is 2.65. The minimum atomic E-state index is 0.672. The van der Waals surface area contributed by atoms with Gasteiger partial charge in [0.25, 0.3) is 0 Å². The molecule has 2 rings (SSSR count). The molecule has 0 atom stereocenters. The number of nitriles is 1. The second-order valence-electron chi connectivity index (χ2n) is 3.88. The van der Waals surface area contributed by atoms with Crippen LogP contribution < -0.4 is 5.32 Å². The number of nitrogens with one attached hydrogen (secondary N) is 1. The van der Waals surface area contributed by atoms with Crippen LogP contribution in [0.2, 0.25) is 0 Å². The predicted molar refractivity (Wildman–Crippen MR) is 67.5 cm³/mol. The number of nitrogens with zero attached hydrogens (tertiary/aromatic N) is 2. The molecule has 3 nitrogen and oxygen atoms in total. The van der Waals surface area contributed by atoms with Gasteiger partial charge in [-0.3, -0.25) is 4.98 Å². The molecule has 0 saturated carbocycles. The zero-order chi connectivity index (χ0) is 12.1. The van der Waals surface area contributed by atoms with Gasteiger partial charge in [0.1, 0.15) is 6.07 Å². The van der Waals surface area contributed by atoms with Gasteiger partial charge >= 0.3 is 0 Å². The summed E-state index contributed by atoms with van der Waals surface area (Å²) in [4.78, 5) is 4.05. The second-order valence-corrected chi connectivity index (χ2v) is 3.88. The Kier molecular flexibility index (Phi) is 3.37. The van der Waals surface area contributed by atoms with Gasteiger partial charge in [0.15, 0.2) is 0 Å². The number of pyridine rings is 1. The molecule has 1 aromatic heterocycles. The lowest BCUT2D eigenvalue weighted by Crippen LogP contribution is -2.01. The van der Waals surface area contributed by atoms with E-state index in [-0.39, 0.29) is 0 Å². The minimum Gasteiger partial charge on any atom is -0.380 e. The van der Waals surface area contributed by atoms with Crippen molar-refractivity contribution in [3.63, 3.8) is 0 Å². The van der Waals surface area contributed by atoms with Crippen molar-refractivity contribution in [3.05, 3.63) is 59.4 Å². The third-order valence-electron chi connectivity index (χ3n) is 2.50. The van der Waals surface area contributed by atoms with Gasteiger partial charge in [-0.2, -0.15) is 5.26 Å². The fraction of sp³-hybridized carbons (Fsp3) is 0.143. The summed E-state index contributed by atoms with van der Waals surface area (Å²) in [5.41, 5.74) is 3.72. The highest BCUT2D eigenvalue weighted by Crippen LogP contribution is 2.17. The zero-order valence-electron chi connectivity index (χ0n) is 9.64. The Morgan fingerprint density at radius 3 is 2.94 bits per heavy atom. The van der Waals surface area contributed by atoms with E-state index in [0.717, 1.165) is 16.8 Å². The molecule has 0 unspecified atom stereocenters. The number of hydrogen-bond acceptors (Lipinski definition) is 3. The Bertz CT molecular complexity index is 541. The van der Waals surface area contributed by atoms with E-state index in [1.54, 1.807) is 6.20 Å². The van der Waals surface area contributed by atoms with E-state index in [0.29, 0.717) is 12.1 Å². The Labute approximate surface area is 101 Å². The molecule has 2 aromatic rings. The minimum absolute atomic E-state index is 0.672. The summed E-state index contributed by atoms with van der Waals surface area (Å²) in [5, 5.41) is 12.3. The van der Waals surface area contributed by atoms with Crippen LogP contribution in [0.25, 0.3) is 0 Å². The van der Waals surface area contributed by atoms with Crippen LogP contribution in [0.5, 0.6) is 0 Å². The number of anilines is 1. The smallest absolute Gasteiger partial charge is 0.101 e. The quantitative estimate of drug-likeness (QED) is 0.870. The normalized spacial score (nSPS) is 9.65. The van der Waals surface area contributed by atoms with Crippen molar-refractivity contribution >= 4 is 5.69 Å². The molecule has 0 amide bonds. The number of rotatable bonds is 3. The zero-order valence-corrected chi connectivity index (χ0v) is 9.64. The molecule has 84 valence electrons. The van der Waals surface area contributed by atoms with Crippen molar-refractivity contribution in [2.75, 3.05) is 5.32 Å². The first-order valence-corrected chi connectivity index (χ1v) is 5.43. The van der Waals surface area contributed by atoms with Gasteiger partial charge in [-0.25, -0.2) is 0 Å². The SMILES string of the molecule is Cc1ccc(NCc2cccnc2)c(C#N)c1. The molecule has 0 bridgehead atoms. The molecule has 17 heavy (non-hydrogen) atoms. The van der Waals surface area contributed by atoms with Crippen LogP contribution in [0.15, 0.2) is 42.7 Å². The summed E-state index contributed by atoms with van der Waals surface area (Å²) >= 11 is 0. The molecule has 0 fully saturated rings. The summed E-state index contributed by atoms with van der Waals surface area (Å²) in [6, 6.07) is 11.9. The van der Waals surface area contributed by atoms with Gasteiger partial charge in [-0.05, 0) is 36.2 Å². The van der Waals surface area contributed by atoms with Crippen molar-refractivity contribution in [1.29, 1.82) is 5.26 Å². The average molecular weight is 223 g/mol. The fourth-order valence-corrected chi connectivity index (χ4v) is 1.60. The molecule has 0 spiro atoms. The maximum absolute atomic E-state index is 9.04. The summed E-state index contributed by atoms with van der Waals surface area (Å²) in [6.07, 6.45) is 3.56. The first-order valence-electron chi connectivity index (χ1n) is 5.43. The Morgan fingerprint density at radius 1 is 1.35 bits per heavy atom. The molecular weight excluding hydrogens is 210 g/mol. The number of aromatic nitrogens is 1. The molecule has 0 aliphatic heterocycles. The summed E-state index contributed by atoms with van der Waals surface area (Å²) in [7, 11) is 0. The van der Waals surface area contributed by atoms with Gasteiger partial charge in [-0.1, -0.05) is 12.1 Å². The third-order valence-corrected chi connectivity index (χ3v) is 2.50. The van der Waals surface area contributed by atoms with Crippen molar-refractivity contribution in [3.8, 4) is 6.07 Å². The van der Waals surface area contributed by atoms with Gasteiger partial charge in [-0.15, -0.1) is 0 Å². The molecule has 0 saturated heterocycles. The van der Waals surface area contributed by atoms with Crippen molar-refractivity contribution in [1.82, 2.24) is 4.98 Å². The van der Waals surface area contributed by atoms with Crippen molar-refractivity contribution < 1.29 is 0 Å². The maximum Gasteiger partial charge on any atom is 0.101 e. The van der Waals surface area contributed by atoms with E-state index >= 15 is 0 Å². The van der Waals surface area contributed by atoms with E-state index in [9.17, 15) is 0 Å². The third kappa shape index (κ3) is 2.82. The highest BCUT2D eigenvalue weighted by atomic mass is 14.9. The lowest BCUT2D eigenvalue weighted by molar-refractivity contribution is 1.11. The van der Waals surface area contributed by atoms with Crippen LogP contribution in [0, 0.1) is 18.3 Å². The van der Waals surface area contributed by atoms with Crippen LogP contribution in [-0.4, -0.2) is 4.98 Å². The van der Waals surface area contributed by atoms with Crippen molar-refractivity contribution in [2.45, 2.75) is 13.5 Å². The molecule has 0 aliphatic carbocycles. The largest absolute Gasteiger partial charge is 0.380 e. The lowest BCUT2D eigenvalue weighted by atomic mass is 10.1. The molecular formula is C14H13N3. The van der Waals surface area contributed by atoms with Gasteiger partial charge in [0.05, 0.1) is 11.3 Å². The highest BCUT2D eigenvalue weighted by molar-refractivity contribution is 5.58. The van der Waals surface area contributed by atoms with E-state index in [1.807, 2.05) is 43.5 Å². The Morgan fingerprint density at radius 2 is 2.24 bits per heavy atom. The van der Waals surface area contributed by atoms with Crippen LogP contribution in [0.4, 0.5) is 5.69 Å². The van der Waals surface area contributed by atoms with E-state index in [1.165, 1.54) is 0 Å². The number of benzene rings is 1. The first kappa shape index (κ1) is 11.2. The maximum atomic E-state index is 9.04. The number of aryl methyl sites for hydroxylation is 1. The fourth-order valence-electron chi connectivity index (χ4n) is 1.60. The van der Waals surface area contributed by atoms with Crippen LogP contribution in [0.1, 0.15) is 16.7 Å². The van der Waals surface area contributed by atoms with Gasteiger partial charge in [0.2, 0.25) is 0 Å². The second kappa shape index (κ2) is 5.13. The van der Waals surface area contributed by atoms with Gasteiger partial charge < -0.3 is 5.32 Å². The van der Waals surface area contributed by atoms with Crippen LogP contribution in [-0.2, 0) is 6.54 Å². The standard InChI is InChI=1S/C14H13N3/c1-11-4-5-14(13(7-11)8-15)17-10-12-3-2-6-16-9-12/h2-7,9,17H,10H2,1H3. The van der Waals surface area contributed by atoms with Crippen molar-refractivity contribution in [2.24, 2.45) is 0 Å². The number of hydrogen-bond donors (Lipinski definition) is 1. The average Bonchev–Trinajstić information content (AvgIpc) is 2.38. The summed E-state index contributed by atoms with van der Waals surface area (Å²) in [5.74, 6) is 0. The van der Waals surface area contributed by atoms with E-state index < -0.39 is 0 Å². The predicted octanol–water partition coefficient (Wildman–Crippen LogP) is 2.87. The highest BCUT2D eigenvalue weighted by Gasteiger charge is 2.01. The monoisotopic (exact) mass is 223 g/mol. The van der Waals surface area contributed by atoms with E-state index in [2.05, 4.69) is 16.4 Å². The first-order chi connectivity index (χ1) is 8.29. The Hall–Kier alpha value is -2.34. The molecule has 1 aromatic carbocycles. The summed E-state index contributed by atoms with van der Waals surface area (Å²) < 4.78 is 0. The van der Waals surface area contributed by atoms with Crippen LogP contribution in [0.3, 0.4) is 0 Å². The molecule has 0 aliphatic rings. The molecule has 1 N–H and O–H groups in total. The topological polar surface area (TPSA) is 48.7 Å². The lowest BCUT2D eigenvalue weighted by Gasteiger charge is -2.08. The van der Waals surface area contributed by atoms with E-state index in [4.69, 9.17) is 5.26 Å². The molecule has 1 heterocycles.